The number of pyridine rings is 1. The molecule has 3 aliphatic rings. The first-order valence-corrected chi connectivity index (χ1v) is 10.0. The van der Waals surface area contributed by atoms with Crippen LogP contribution in [0.3, 0.4) is 0 Å². The topological polar surface area (TPSA) is 72.9 Å². The molecule has 1 amide bonds. The van der Waals surface area contributed by atoms with Gasteiger partial charge in [0.25, 0.3) is 0 Å². The molecule has 2 atom stereocenters. The van der Waals surface area contributed by atoms with E-state index in [0.29, 0.717) is 23.1 Å². The molecule has 154 valence electrons. The molecular weight excluding hydrogens is 370 g/mol. The van der Waals surface area contributed by atoms with Crippen LogP contribution in [0, 0.1) is 5.92 Å². The van der Waals surface area contributed by atoms with Gasteiger partial charge < -0.3 is 14.2 Å². The Balaban J connectivity index is 1.47. The van der Waals surface area contributed by atoms with Gasteiger partial charge in [-0.25, -0.2) is 4.79 Å². The number of hydrogen-bond acceptors (Lipinski definition) is 6. The highest BCUT2D eigenvalue weighted by Gasteiger charge is 2.44. The number of fused-ring (bicyclic) bond motifs is 3. The van der Waals surface area contributed by atoms with E-state index in [1.807, 2.05) is 12.3 Å². The van der Waals surface area contributed by atoms with Gasteiger partial charge in [0.15, 0.2) is 0 Å². The average Bonchev–Trinajstić information content (AvgIpc) is 2.77. The minimum Gasteiger partial charge on any atom is -0.497 e. The van der Waals surface area contributed by atoms with Crippen LogP contribution in [0.15, 0.2) is 42.7 Å². The molecule has 7 heteroatoms. The fraction of sp³-hybridized carbons (Fsp3) is 0.455. The van der Waals surface area contributed by atoms with Gasteiger partial charge in [0.1, 0.15) is 17.6 Å². The zero-order valence-electron chi connectivity index (χ0n) is 16.8. The first-order valence-electron chi connectivity index (χ1n) is 10.0. The summed E-state index contributed by atoms with van der Waals surface area (Å²) in [7, 11) is 3.15. The summed E-state index contributed by atoms with van der Waals surface area (Å²) in [6.07, 6.45) is 6.03. The van der Waals surface area contributed by atoms with E-state index >= 15 is 0 Å². The van der Waals surface area contributed by atoms with E-state index in [1.165, 1.54) is 0 Å². The monoisotopic (exact) mass is 397 g/mol. The molecule has 4 heterocycles. The second kappa shape index (κ2) is 8.69. The van der Waals surface area contributed by atoms with Crippen LogP contribution in [0.25, 0.3) is 0 Å². The average molecular weight is 397 g/mol. The van der Waals surface area contributed by atoms with E-state index in [1.54, 1.807) is 38.6 Å². The molecule has 3 fully saturated rings. The van der Waals surface area contributed by atoms with Crippen molar-refractivity contribution in [1.82, 2.24) is 9.88 Å². The van der Waals surface area contributed by atoms with Crippen molar-refractivity contribution in [3.63, 3.8) is 0 Å². The number of amides is 1. The second-order valence-corrected chi connectivity index (χ2v) is 7.57. The van der Waals surface area contributed by atoms with E-state index in [2.05, 4.69) is 21.3 Å². The lowest BCUT2D eigenvalue weighted by molar-refractivity contribution is -0.0741. The molecule has 0 unspecified atom stereocenters. The first-order chi connectivity index (χ1) is 14.2. The number of benzene rings is 1. The summed E-state index contributed by atoms with van der Waals surface area (Å²) in [6.45, 7) is 2.12. The van der Waals surface area contributed by atoms with Crippen molar-refractivity contribution in [1.29, 1.82) is 0 Å². The fourth-order valence-corrected chi connectivity index (χ4v) is 4.45. The number of rotatable bonds is 6. The molecule has 3 aliphatic heterocycles. The molecule has 1 aromatic carbocycles. The van der Waals surface area contributed by atoms with E-state index in [-0.39, 0.29) is 12.1 Å². The van der Waals surface area contributed by atoms with Crippen molar-refractivity contribution < 1.29 is 19.0 Å². The Morgan fingerprint density at radius 2 is 2.03 bits per heavy atom. The maximum Gasteiger partial charge on any atom is 0.412 e. The number of hydrogen-bond donors (Lipinski definition) is 1. The molecule has 1 aromatic heterocycles. The molecule has 0 spiro atoms. The zero-order chi connectivity index (χ0) is 20.2. The van der Waals surface area contributed by atoms with Crippen molar-refractivity contribution >= 4 is 11.8 Å². The molecule has 2 bridgehead atoms. The van der Waals surface area contributed by atoms with Crippen LogP contribution >= 0.6 is 0 Å². The number of anilines is 1. The lowest BCUT2D eigenvalue weighted by Gasteiger charge is -2.50. The van der Waals surface area contributed by atoms with Gasteiger partial charge in [-0.05, 0) is 56.1 Å². The lowest BCUT2D eigenvalue weighted by atomic mass is 9.78. The highest BCUT2D eigenvalue weighted by atomic mass is 16.6. The Morgan fingerprint density at radius 1 is 1.21 bits per heavy atom. The van der Waals surface area contributed by atoms with Crippen molar-refractivity contribution in [3.8, 4) is 11.5 Å². The predicted octanol–water partition coefficient (Wildman–Crippen LogP) is 3.35. The van der Waals surface area contributed by atoms with Crippen LogP contribution < -0.4 is 14.8 Å². The number of methoxy groups -OCH3 is 2. The molecule has 0 radical (unpaired) electrons. The van der Waals surface area contributed by atoms with Gasteiger partial charge in [-0.1, -0.05) is 6.07 Å². The number of carbonyl (C=O) groups is 1. The maximum atomic E-state index is 12.7. The van der Waals surface area contributed by atoms with Gasteiger partial charge in [0, 0.05) is 24.4 Å². The molecule has 5 rings (SSSR count). The minimum absolute atomic E-state index is 0.137. The van der Waals surface area contributed by atoms with Gasteiger partial charge in [0.2, 0.25) is 0 Å². The van der Waals surface area contributed by atoms with Gasteiger partial charge in [-0.2, -0.15) is 0 Å². The van der Waals surface area contributed by atoms with Crippen LogP contribution in [0.4, 0.5) is 10.5 Å². The summed E-state index contributed by atoms with van der Waals surface area (Å²) in [4.78, 5) is 19.4. The van der Waals surface area contributed by atoms with Crippen molar-refractivity contribution in [2.24, 2.45) is 5.92 Å². The standard InChI is InChI=1S/C22H27N3O4/c1-27-17-5-6-18(20(13-17)28-2)24-22(26)29-21-16-7-10-25(11-8-16)19(21)12-15-4-3-9-23-14-15/h3-6,9,13-14,16,19,21H,7-8,10-12H2,1-2H3,(H,24,26)/t19-,21+/m0/s1. The van der Waals surface area contributed by atoms with Gasteiger partial charge in [-0.15, -0.1) is 0 Å². The van der Waals surface area contributed by atoms with E-state index in [0.717, 1.165) is 37.9 Å². The first kappa shape index (κ1) is 19.5. The molecule has 0 aliphatic carbocycles. The Bertz CT molecular complexity index is 837. The minimum atomic E-state index is -0.455. The molecule has 2 aromatic rings. The number of nitrogens with one attached hydrogen (secondary N) is 1. The summed E-state index contributed by atoms with van der Waals surface area (Å²) in [6, 6.07) is 9.46. The molecule has 0 saturated carbocycles. The van der Waals surface area contributed by atoms with Crippen molar-refractivity contribution in [3.05, 3.63) is 48.3 Å². The van der Waals surface area contributed by atoms with Crippen molar-refractivity contribution in [2.75, 3.05) is 32.6 Å². The van der Waals surface area contributed by atoms with Crippen molar-refractivity contribution in [2.45, 2.75) is 31.4 Å². The predicted molar refractivity (Wildman–Crippen MR) is 109 cm³/mol. The number of ether oxygens (including phenoxy) is 3. The fourth-order valence-electron chi connectivity index (χ4n) is 4.45. The Labute approximate surface area is 171 Å². The zero-order valence-corrected chi connectivity index (χ0v) is 16.8. The van der Waals surface area contributed by atoms with Crippen LogP contribution in [0.1, 0.15) is 18.4 Å². The molecule has 3 saturated heterocycles. The number of carbonyl (C=O) groups excluding carboxylic acids is 1. The van der Waals surface area contributed by atoms with Gasteiger partial charge in [-0.3, -0.25) is 15.2 Å². The quantitative estimate of drug-likeness (QED) is 0.806. The molecule has 1 N–H and O–H groups in total. The largest absolute Gasteiger partial charge is 0.497 e. The van der Waals surface area contributed by atoms with Gasteiger partial charge in [0.05, 0.1) is 25.9 Å². The Morgan fingerprint density at radius 3 is 2.72 bits per heavy atom. The van der Waals surface area contributed by atoms with Crippen LogP contribution in [-0.4, -0.2) is 55.4 Å². The number of piperidine rings is 3. The van der Waals surface area contributed by atoms with Gasteiger partial charge >= 0.3 is 6.09 Å². The highest BCUT2D eigenvalue weighted by molar-refractivity contribution is 5.87. The second-order valence-electron chi connectivity index (χ2n) is 7.57. The van der Waals surface area contributed by atoms with Crippen LogP contribution in [0.5, 0.6) is 11.5 Å². The summed E-state index contributed by atoms with van der Waals surface area (Å²) < 4.78 is 16.5. The van der Waals surface area contributed by atoms with E-state index < -0.39 is 6.09 Å². The third kappa shape index (κ3) is 4.29. The number of aromatic nitrogens is 1. The van der Waals surface area contributed by atoms with Crippen LogP contribution in [0.2, 0.25) is 0 Å². The summed E-state index contributed by atoms with van der Waals surface area (Å²) in [5.74, 6) is 1.59. The maximum absolute atomic E-state index is 12.7. The van der Waals surface area contributed by atoms with E-state index in [4.69, 9.17) is 14.2 Å². The smallest absolute Gasteiger partial charge is 0.412 e. The lowest BCUT2D eigenvalue weighted by Crippen LogP contribution is -2.60. The third-order valence-corrected chi connectivity index (χ3v) is 5.94. The highest BCUT2D eigenvalue weighted by Crippen LogP contribution is 2.36. The van der Waals surface area contributed by atoms with Crippen LogP contribution in [-0.2, 0) is 11.2 Å². The summed E-state index contributed by atoms with van der Waals surface area (Å²) in [5.41, 5.74) is 1.72. The normalized spacial score (nSPS) is 25.3. The third-order valence-electron chi connectivity index (χ3n) is 5.94. The SMILES string of the molecule is COc1ccc(NC(=O)O[C@@H]2C3CCN(CC3)[C@H]2Cc2cccnc2)c(OC)c1. The Kier molecular flexibility index (Phi) is 5.85. The summed E-state index contributed by atoms with van der Waals surface area (Å²) in [5, 5.41) is 2.83. The molecular formula is C22H27N3O4. The Hall–Kier alpha value is -2.80. The molecule has 7 nitrogen and oxygen atoms in total. The summed E-state index contributed by atoms with van der Waals surface area (Å²) >= 11 is 0. The molecule has 29 heavy (non-hydrogen) atoms. The number of nitrogens with zero attached hydrogens (tertiary/aromatic N) is 2. The van der Waals surface area contributed by atoms with E-state index in [9.17, 15) is 4.79 Å².